The van der Waals surface area contributed by atoms with E-state index in [-0.39, 0.29) is 11.0 Å². The second-order valence-corrected chi connectivity index (χ2v) is 4.77. The van der Waals surface area contributed by atoms with Gasteiger partial charge in [-0.15, -0.1) is 0 Å². The molecule has 4 nitrogen and oxygen atoms in total. The van der Waals surface area contributed by atoms with Crippen molar-refractivity contribution in [2.75, 3.05) is 12.8 Å². The Hall–Kier alpha value is -1.59. The number of amides is 1. The lowest BCUT2D eigenvalue weighted by atomic mass is 10.1. The Kier molecular flexibility index (Phi) is 3.84. The number of thioether (sulfide) groups is 1. The minimum absolute atomic E-state index is 0.126. The Morgan fingerprint density at radius 1 is 1.44 bits per heavy atom. The van der Waals surface area contributed by atoms with Crippen LogP contribution < -0.4 is 5.73 Å². The van der Waals surface area contributed by atoms with Crippen LogP contribution in [0.4, 0.5) is 0 Å². The van der Waals surface area contributed by atoms with Crippen LogP contribution in [0.2, 0.25) is 0 Å². The number of hydrogen-bond donors (Lipinski definition) is 1. The fourth-order valence-electron chi connectivity index (χ4n) is 1.73. The first-order chi connectivity index (χ1) is 8.63. The summed E-state index contributed by atoms with van der Waals surface area (Å²) < 4.78 is 0. The van der Waals surface area contributed by atoms with E-state index < -0.39 is 6.04 Å². The van der Waals surface area contributed by atoms with Crippen molar-refractivity contribution in [3.63, 3.8) is 0 Å². The van der Waals surface area contributed by atoms with Gasteiger partial charge in [-0.1, -0.05) is 42.1 Å². The van der Waals surface area contributed by atoms with E-state index in [0.29, 0.717) is 12.2 Å². The van der Waals surface area contributed by atoms with Crippen LogP contribution >= 0.6 is 11.8 Å². The number of benzene rings is 1. The van der Waals surface area contributed by atoms with Crippen molar-refractivity contribution in [1.82, 2.24) is 4.90 Å². The van der Waals surface area contributed by atoms with Crippen LogP contribution in [0.1, 0.15) is 5.56 Å². The second-order valence-electron chi connectivity index (χ2n) is 3.99. The molecule has 1 unspecified atom stereocenters. The van der Waals surface area contributed by atoms with Crippen LogP contribution in [-0.4, -0.2) is 34.8 Å². The third-order valence-corrected chi connectivity index (χ3v) is 3.33. The van der Waals surface area contributed by atoms with Crippen LogP contribution in [0.25, 0.3) is 6.08 Å². The minimum atomic E-state index is -0.473. The van der Waals surface area contributed by atoms with Crippen molar-refractivity contribution in [2.45, 2.75) is 6.04 Å². The molecule has 1 aliphatic heterocycles. The first kappa shape index (κ1) is 12.9. The average molecular weight is 262 g/mol. The maximum Gasteiger partial charge on any atom is 0.245 e. The maximum absolute atomic E-state index is 11.9. The molecule has 0 spiro atoms. The molecule has 2 N–H and O–H groups in total. The normalized spacial score (nSPS) is 19.7. The summed E-state index contributed by atoms with van der Waals surface area (Å²) in [5.41, 5.74) is 6.84. The van der Waals surface area contributed by atoms with Gasteiger partial charge in [0.05, 0.1) is 12.2 Å². The van der Waals surface area contributed by atoms with Crippen LogP contribution in [0, 0.1) is 0 Å². The van der Waals surface area contributed by atoms with E-state index in [1.807, 2.05) is 30.3 Å². The molecule has 5 heteroatoms. The molecular formula is C13H14N2O2S. The predicted molar refractivity (Wildman–Crippen MR) is 72.6 cm³/mol. The van der Waals surface area contributed by atoms with E-state index in [4.69, 9.17) is 5.73 Å². The topological polar surface area (TPSA) is 63.4 Å². The molecule has 18 heavy (non-hydrogen) atoms. The van der Waals surface area contributed by atoms with Gasteiger partial charge in [-0.2, -0.15) is 0 Å². The maximum atomic E-state index is 11.9. The van der Waals surface area contributed by atoms with E-state index in [2.05, 4.69) is 0 Å². The molecular weight excluding hydrogens is 248 g/mol. The second kappa shape index (κ2) is 5.37. The van der Waals surface area contributed by atoms with E-state index in [0.717, 1.165) is 17.3 Å². The molecule has 1 aliphatic rings. The Morgan fingerprint density at radius 3 is 2.61 bits per heavy atom. The van der Waals surface area contributed by atoms with Gasteiger partial charge in [0.25, 0.3) is 0 Å². The zero-order valence-corrected chi connectivity index (χ0v) is 10.8. The Morgan fingerprint density at radius 2 is 2.11 bits per heavy atom. The standard InChI is InChI=1S/C13H14N2O2S/c1-18-13(17)11(15-8-10(14)12(15)16)7-9-5-3-2-4-6-9/h2-7,10H,8,14H2,1H3/b11-7+. The first-order valence-corrected chi connectivity index (χ1v) is 6.78. The van der Waals surface area contributed by atoms with Gasteiger partial charge < -0.3 is 10.6 Å². The van der Waals surface area contributed by atoms with Crippen LogP contribution in [0.3, 0.4) is 0 Å². The zero-order valence-electron chi connectivity index (χ0n) is 10.00. The third-order valence-electron chi connectivity index (χ3n) is 2.75. The van der Waals surface area contributed by atoms with E-state index in [1.165, 1.54) is 4.90 Å². The van der Waals surface area contributed by atoms with Gasteiger partial charge in [0, 0.05) is 0 Å². The fourth-order valence-corrected chi connectivity index (χ4v) is 2.11. The molecule has 94 valence electrons. The summed E-state index contributed by atoms with van der Waals surface area (Å²) in [4.78, 5) is 24.9. The SMILES string of the molecule is CSC(=O)/C(=C\c1ccccc1)N1CC(N)C1=O. The molecule has 0 bridgehead atoms. The van der Waals surface area contributed by atoms with Gasteiger partial charge in [-0.25, -0.2) is 0 Å². The smallest absolute Gasteiger partial charge is 0.245 e. The summed E-state index contributed by atoms with van der Waals surface area (Å²) in [7, 11) is 0. The monoisotopic (exact) mass is 262 g/mol. The number of hydrogen-bond acceptors (Lipinski definition) is 4. The van der Waals surface area contributed by atoms with Crippen molar-refractivity contribution >= 4 is 28.9 Å². The van der Waals surface area contributed by atoms with Crippen molar-refractivity contribution in [1.29, 1.82) is 0 Å². The Bertz CT molecular complexity index is 499. The molecule has 1 fully saturated rings. The summed E-state index contributed by atoms with van der Waals surface area (Å²) in [6, 6.07) is 8.97. The summed E-state index contributed by atoms with van der Waals surface area (Å²) in [6.07, 6.45) is 3.42. The van der Waals surface area contributed by atoms with Crippen molar-refractivity contribution < 1.29 is 9.59 Å². The lowest BCUT2D eigenvalue weighted by Gasteiger charge is -2.36. The predicted octanol–water partition coefficient (Wildman–Crippen LogP) is 1.09. The van der Waals surface area contributed by atoms with Gasteiger partial charge in [-0.05, 0) is 17.9 Å². The van der Waals surface area contributed by atoms with Gasteiger partial charge in [-0.3, -0.25) is 9.59 Å². The third kappa shape index (κ3) is 2.47. The van der Waals surface area contributed by atoms with E-state index in [1.54, 1.807) is 12.3 Å². The number of carbonyl (C=O) groups is 2. The summed E-state index contributed by atoms with van der Waals surface area (Å²) >= 11 is 1.09. The largest absolute Gasteiger partial charge is 0.318 e. The van der Waals surface area contributed by atoms with Crippen molar-refractivity contribution in [3.05, 3.63) is 41.6 Å². The summed E-state index contributed by atoms with van der Waals surface area (Å²) in [5, 5.41) is -0.126. The highest BCUT2D eigenvalue weighted by molar-refractivity contribution is 8.13. The van der Waals surface area contributed by atoms with Crippen LogP contribution in [0.5, 0.6) is 0 Å². The number of rotatable bonds is 3. The van der Waals surface area contributed by atoms with Gasteiger partial charge in [0.1, 0.15) is 6.04 Å². The Balaban J connectivity index is 2.29. The molecule has 1 saturated heterocycles. The zero-order chi connectivity index (χ0) is 13.1. The number of β-lactam (4-membered cyclic amide) rings is 1. The number of likely N-dealkylation sites (tertiary alicyclic amines) is 1. The molecule has 1 heterocycles. The molecule has 0 aliphatic carbocycles. The molecule has 1 amide bonds. The van der Waals surface area contributed by atoms with Crippen molar-refractivity contribution in [2.24, 2.45) is 5.73 Å². The molecule has 1 aromatic carbocycles. The van der Waals surface area contributed by atoms with Gasteiger partial charge in [0.15, 0.2) is 0 Å². The minimum Gasteiger partial charge on any atom is -0.318 e. The number of carbonyl (C=O) groups excluding carboxylic acids is 2. The van der Waals surface area contributed by atoms with Crippen LogP contribution in [-0.2, 0) is 9.59 Å². The Labute approximate surface area is 110 Å². The molecule has 0 saturated carbocycles. The highest BCUT2D eigenvalue weighted by atomic mass is 32.2. The fraction of sp³-hybridized carbons (Fsp3) is 0.231. The lowest BCUT2D eigenvalue weighted by molar-refractivity contribution is -0.140. The van der Waals surface area contributed by atoms with Crippen molar-refractivity contribution in [3.8, 4) is 0 Å². The summed E-state index contributed by atoms with van der Waals surface area (Å²) in [5.74, 6) is -0.195. The highest BCUT2D eigenvalue weighted by Crippen LogP contribution is 2.22. The summed E-state index contributed by atoms with van der Waals surface area (Å²) in [6.45, 7) is 0.407. The highest BCUT2D eigenvalue weighted by Gasteiger charge is 2.37. The number of nitrogens with two attached hydrogens (primary N) is 1. The van der Waals surface area contributed by atoms with E-state index >= 15 is 0 Å². The molecule has 0 radical (unpaired) electrons. The van der Waals surface area contributed by atoms with Crippen LogP contribution in [0.15, 0.2) is 36.0 Å². The number of nitrogens with zero attached hydrogens (tertiary/aromatic N) is 1. The van der Waals surface area contributed by atoms with Gasteiger partial charge >= 0.3 is 0 Å². The molecule has 0 aromatic heterocycles. The van der Waals surface area contributed by atoms with E-state index in [9.17, 15) is 9.59 Å². The first-order valence-electron chi connectivity index (χ1n) is 5.55. The molecule has 1 aromatic rings. The lowest BCUT2D eigenvalue weighted by Crippen LogP contribution is -2.60. The van der Waals surface area contributed by atoms with Gasteiger partial charge in [0.2, 0.25) is 11.0 Å². The average Bonchev–Trinajstić information content (AvgIpc) is 2.42. The molecule has 2 rings (SSSR count). The quantitative estimate of drug-likeness (QED) is 0.654. The molecule has 1 atom stereocenters.